The lowest BCUT2D eigenvalue weighted by Gasteiger charge is -2.09. The Balaban J connectivity index is 2.89. The van der Waals surface area contributed by atoms with Crippen molar-refractivity contribution in [3.63, 3.8) is 0 Å². The van der Waals surface area contributed by atoms with Crippen molar-refractivity contribution < 1.29 is 17.4 Å². The fraction of sp³-hybridized carbons (Fsp3) is 0.375. The van der Waals surface area contributed by atoms with Gasteiger partial charge in [0.25, 0.3) is 0 Å². The zero-order valence-corrected chi connectivity index (χ0v) is 11.4. The Hall–Kier alpha value is -1.45. The normalized spacial score (nSPS) is 11.1. The van der Waals surface area contributed by atoms with Crippen LogP contribution in [0.2, 0.25) is 5.02 Å². The van der Waals surface area contributed by atoms with Crippen molar-refractivity contribution in [3.05, 3.63) is 16.5 Å². The number of amides is 2. The van der Waals surface area contributed by atoms with E-state index in [0.29, 0.717) is 11.5 Å². The average molecular weight is 295 g/mol. The Kier molecular flexibility index (Phi) is 4.43. The standard InChI is InChI=1S/C8H11ClN4O4S/c1-4-6(9)7(11-5(2)10-4)12-8(14)13-18(15,16)17-3/h1-3H3,(H2,10,11,12,13,14). The number of nitrogens with zero attached hydrogens (tertiary/aromatic N) is 2. The third-order valence-corrected chi connectivity index (χ3v) is 3.12. The number of rotatable bonds is 3. The number of aromatic nitrogens is 2. The van der Waals surface area contributed by atoms with E-state index in [1.807, 2.05) is 0 Å². The van der Waals surface area contributed by atoms with Gasteiger partial charge < -0.3 is 0 Å². The van der Waals surface area contributed by atoms with Crippen LogP contribution in [-0.4, -0.2) is 31.5 Å². The van der Waals surface area contributed by atoms with Gasteiger partial charge in [-0.1, -0.05) is 11.6 Å². The first-order chi connectivity index (χ1) is 8.25. The smallest absolute Gasteiger partial charge is 0.290 e. The zero-order chi connectivity index (χ0) is 13.9. The number of nitrogens with one attached hydrogen (secondary N) is 2. The molecule has 0 fully saturated rings. The van der Waals surface area contributed by atoms with E-state index in [0.717, 1.165) is 7.11 Å². The molecule has 0 saturated carbocycles. The van der Waals surface area contributed by atoms with Crippen molar-refractivity contribution in [2.45, 2.75) is 13.8 Å². The Labute approximate surface area is 109 Å². The van der Waals surface area contributed by atoms with Gasteiger partial charge in [-0.2, -0.15) is 8.42 Å². The monoisotopic (exact) mass is 294 g/mol. The molecule has 1 aromatic heterocycles. The average Bonchev–Trinajstić information content (AvgIpc) is 2.24. The summed E-state index contributed by atoms with van der Waals surface area (Å²) in [6.07, 6.45) is 0. The van der Waals surface area contributed by atoms with Crippen LogP contribution in [-0.2, 0) is 14.5 Å². The molecular formula is C8H11ClN4O4S. The molecule has 0 spiro atoms. The highest BCUT2D eigenvalue weighted by Crippen LogP contribution is 2.21. The third kappa shape index (κ3) is 3.79. The van der Waals surface area contributed by atoms with Crippen molar-refractivity contribution in [1.29, 1.82) is 0 Å². The largest absolute Gasteiger partial charge is 0.363 e. The summed E-state index contributed by atoms with van der Waals surface area (Å²) in [6.45, 7) is 3.24. The van der Waals surface area contributed by atoms with Crippen LogP contribution in [0.5, 0.6) is 0 Å². The highest BCUT2D eigenvalue weighted by molar-refractivity contribution is 7.85. The highest BCUT2D eigenvalue weighted by Gasteiger charge is 2.16. The number of carbonyl (C=O) groups is 1. The van der Waals surface area contributed by atoms with Crippen molar-refractivity contribution in [3.8, 4) is 0 Å². The van der Waals surface area contributed by atoms with Gasteiger partial charge in [-0.3, -0.25) is 9.50 Å². The number of hydrogen-bond donors (Lipinski definition) is 2. The summed E-state index contributed by atoms with van der Waals surface area (Å²) in [6, 6.07) is -1.03. The van der Waals surface area contributed by atoms with Crippen LogP contribution in [0.1, 0.15) is 11.5 Å². The number of halogens is 1. The predicted molar refractivity (Wildman–Crippen MR) is 64.6 cm³/mol. The molecule has 100 valence electrons. The van der Waals surface area contributed by atoms with Gasteiger partial charge in [0, 0.05) is 0 Å². The zero-order valence-electron chi connectivity index (χ0n) is 9.81. The van der Waals surface area contributed by atoms with E-state index in [4.69, 9.17) is 11.6 Å². The molecule has 0 bridgehead atoms. The Morgan fingerprint density at radius 1 is 1.33 bits per heavy atom. The topological polar surface area (TPSA) is 110 Å². The first-order valence-corrected chi connectivity index (χ1v) is 6.44. The Bertz CT molecular complexity index is 575. The maximum atomic E-state index is 11.4. The number of aryl methyl sites for hydroxylation is 2. The van der Waals surface area contributed by atoms with Crippen molar-refractivity contribution in [2.24, 2.45) is 0 Å². The van der Waals surface area contributed by atoms with Gasteiger partial charge in [0.2, 0.25) is 0 Å². The van der Waals surface area contributed by atoms with E-state index in [1.54, 1.807) is 18.6 Å². The van der Waals surface area contributed by atoms with Crippen LogP contribution in [0.15, 0.2) is 0 Å². The predicted octanol–water partition coefficient (Wildman–Crippen LogP) is 0.760. The van der Waals surface area contributed by atoms with Gasteiger partial charge in [0.05, 0.1) is 12.8 Å². The van der Waals surface area contributed by atoms with Gasteiger partial charge in [-0.05, 0) is 13.8 Å². The van der Waals surface area contributed by atoms with Crippen molar-refractivity contribution in [1.82, 2.24) is 14.7 Å². The van der Waals surface area contributed by atoms with Gasteiger partial charge >= 0.3 is 16.3 Å². The van der Waals surface area contributed by atoms with E-state index in [1.165, 1.54) is 0 Å². The highest BCUT2D eigenvalue weighted by atomic mass is 35.5. The van der Waals surface area contributed by atoms with E-state index in [2.05, 4.69) is 19.5 Å². The minimum Gasteiger partial charge on any atom is -0.290 e. The van der Waals surface area contributed by atoms with Crippen LogP contribution >= 0.6 is 11.6 Å². The Morgan fingerprint density at radius 3 is 2.50 bits per heavy atom. The molecule has 0 atom stereocenters. The maximum Gasteiger partial charge on any atom is 0.363 e. The van der Waals surface area contributed by atoms with Crippen LogP contribution < -0.4 is 10.0 Å². The summed E-state index contributed by atoms with van der Waals surface area (Å²) >= 11 is 5.87. The van der Waals surface area contributed by atoms with E-state index < -0.39 is 16.3 Å². The van der Waals surface area contributed by atoms with E-state index in [9.17, 15) is 13.2 Å². The molecular weight excluding hydrogens is 284 g/mol. The molecule has 1 heterocycles. The van der Waals surface area contributed by atoms with Crippen LogP contribution in [0, 0.1) is 13.8 Å². The second-order valence-corrected chi connectivity index (χ2v) is 5.02. The molecule has 0 aliphatic rings. The van der Waals surface area contributed by atoms with E-state index in [-0.39, 0.29) is 10.8 Å². The molecule has 1 aromatic rings. The number of urea groups is 1. The first-order valence-electron chi connectivity index (χ1n) is 4.65. The third-order valence-electron chi connectivity index (χ3n) is 1.80. The summed E-state index contributed by atoms with van der Waals surface area (Å²) in [5, 5.41) is 2.32. The second-order valence-electron chi connectivity index (χ2n) is 3.20. The second kappa shape index (κ2) is 5.46. The van der Waals surface area contributed by atoms with Gasteiger partial charge in [-0.25, -0.2) is 19.5 Å². The van der Waals surface area contributed by atoms with Gasteiger partial charge in [0.1, 0.15) is 10.8 Å². The maximum absolute atomic E-state index is 11.4. The van der Waals surface area contributed by atoms with Crippen molar-refractivity contribution >= 4 is 33.8 Å². The lowest BCUT2D eigenvalue weighted by atomic mass is 10.4. The molecule has 2 N–H and O–H groups in total. The van der Waals surface area contributed by atoms with Gasteiger partial charge in [0.15, 0.2) is 5.82 Å². The SMILES string of the molecule is COS(=O)(=O)NC(=O)Nc1nc(C)nc(C)c1Cl. The number of anilines is 1. The molecule has 0 aliphatic carbocycles. The molecule has 8 nitrogen and oxygen atoms in total. The minimum absolute atomic E-state index is 0.0190. The van der Waals surface area contributed by atoms with Gasteiger partial charge in [-0.15, -0.1) is 0 Å². The minimum atomic E-state index is -4.12. The van der Waals surface area contributed by atoms with Crippen LogP contribution in [0.3, 0.4) is 0 Å². The molecule has 0 unspecified atom stereocenters. The lowest BCUT2D eigenvalue weighted by molar-refractivity contribution is 0.255. The summed E-state index contributed by atoms with van der Waals surface area (Å²) in [5.41, 5.74) is 0.467. The summed E-state index contributed by atoms with van der Waals surface area (Å²) in [7, 11) is -3.20. The number of carbonyl (C=O) groups excluding carboxylic acids is 1. The van der Waals surface area contributed by atoms with Crippen LogP contribution in [0.25, 0.3) is 0 Å². The molecule has 0 aromatic carbocycles. The van der Waals surface area contributed by atoms with Crippen molar-refractivity contribution in [2.75, 3.05) is 12.4 Å². The van der Waals surface area contributed by atoms with Crippen LogP contribution in [0.4, 0.5) is 10.6 Å². The summed E-state index contributed by atoms with van der Waals surface area (Å²) in [5.74, 6) is 0.410. The first kappa shape index (κ1) is 14.6. The number of hydrogen-bond acceptors (Lipinski definition) is 6. The Morgan fingerprint density at radius 2 is 1.94 bits per heavy atom. The molecule has 0 saturated heterocycles. The van der Waals surface area contributed by atoms with E-state index >= 15 is 0 Å². The summed E-state index contributed by atoms with van der Waals surface area (Å²) in [4.78, 5) is 19.2. The molecule has 0 aliphatic heterocycles. The molecule has 1 rings (SSSR count). The molecule has 10 heteroatoms. The molecule has 18 heavy (non-hydrogen) atoms. The fourth-order valence-electron chi connectivity index (χ4n) is 1.07. The fourth-order valence-corrected chi connectivity index (χ4v) is 1.56. The summed E-state index contributed by atoms with van der Waals surface area (Å²) < 4.78 is 27.6. The molecule has 2 amide bonds. The lowest BCUT2D eigenvalue weighted by Crippen LogP contribution is -2.35. The quantitative estimate of drug-likeness (QED) is 0.851. The molecule has 0 radical (unpaired) electrons.